The monoisotopic (exact) mass is 187 g/mol. The molecule has 0 aliphatic carbocycles. The van der Waals surface area contributed by atoms with Gasteiger partial charge in [-0.1, -0.05) is 11.8 Å². The van der Waals surface area contributed by atoms with Crippen molar-refractivity contribution in [2.24, 2.45) is 0 Å². The quantitative estimate of drug-likeness (QED) is 0.590. The normalized spacial score (nSPS) is 29.3. The van der Waals surface area contributed by atoms with Crippen molar-refractivity contribution in [3.63, 3.8) is 0 Å². The Morgan fingerprint density at radius 2 is 2.33 bits per heavy atom. The van der Waals surface area contributed by atoms with Gasteiger partial charge in [-0.25, -0.2) is 0 Å². The molecule has 0 bridgehead atoms. The number of ether oxygens (including phenoxy) is 1. The molecule has 2 aliphatic rings. The fourth-order valence-electron chi connectivity index (χ4n) is 1.09. The van der Waals surface area contributed by atoms with Gasteiger partial charge in [0.15, 0.2) is 0 Å². The summed E-state index contributed by atoms with van der Waals surface area (Å²) in [7, 11) is 0. The summed E-state index contributed by atoms with van der Waals surface area (Å²) in [5.41, 5.74) is 0. The van der Waals surface area contributed by atoms with Crippen LogP contribution in [-0.4, -0.2) is 41.1 Å². The van der Waals surface area contributed by atoms with E-state index in [9.17, 15) is 9.59 Å². The van der Waals surface area contributed by atoms with Gasteiger partial charge in [0.25, 0.3) is 5.24 Å². The molecule has 0 aromatic heterocycles. The smallest absolute Gasteiger partial charge is 0.288 e. The lowest BCUT2D eigenvalue weighted by molar-refractivity contribution is -0.127. The van der Waals surface area contributed by atoms with Crippen molar-refractivity contribution < 1.29 is 14.3 Å². The molecule has 0 saturated carbocycles. The molecule has 2 heterocycles. The Labute approximate surface area is 74.2 Å². The third kappa shape index (κ3) is 1.61. The number of carbonyl (C=O) groups is 2. The SMILES string of the molecule is O=C1CCSC(=O)N1CC1CO1. The average Bonchev–Trinajstić information content (AvgIpc) is 2.80. The van der Waals surface area contributed by atoms with Gasteiger partial charge in [0, 0.05) is 12.2 Å². The van der Waals surface area contributed by atoms with Crippen molar-refractivity contribution in [2.75, 3.05) is 18.9 Å². The zero-order valence-corrected chi connectivity index (χ0v) is 7.30. The van der Waals surface area contributed by atoms with Gasteiger partial charge in [-0.3, -0.25) is 14.5 Å². The maximum atomic E-state index is 11.2. The van der Waals surface area contributed by atoms with Gasteiger partial charge in [-0.2, -0.15) is 0 Å². The zero-order chi connectivity index (χ0) is 8.55. The molecule has 2 fully saturated rings. The Balaban J connectivity index is 1.97. The lowest BCUT2D eigenvalue weighted by Gasteiger charge is -2.22. The number of hydrogen-bond donors (Lipinski definition) is 0. The minimum Gasteiger partial charge on any atom is -0.371 e. The van der Waals surface area contributed by atoms with Crippen LogP contribution in [0.4, 0.5) is 4.79 Å². The predicted octanol–water partition coefficient (Wildman–Crippen LogP) is 0.471. The molecule has 2 saturated heterocycles. The van der Waals surface area contributed by atoms with E-state index < -0.39 is 0 Å². The molecule has 2 amide bonds. The first-order chi connectivity index (χ1) is 5.77. The van der Waals surface area contributed by atoms with Crippen LogP contribution in [-0.2, 0) is 9.53 Å². The average molecular weight is 187 g/mol. The predicted molar refractivity (Wildman–Crippen MR) is 43.9 cm³/mol. The second-order valence-electron chi connectivity index (χ2n) is 2.82. The highest BCUT2D eigenvalue weighted by molar-refractivity contribution is 8.13. The largest absolute Gasteiger partial charge is 0.371 e. The molecule has 4 nitrogen and oxygen atoms in total. The lowest BCUT2D eigenvalue weighted by Crippen LogP contribution is -2.40. The van der Waals surface area contributed by atoms with Crippen LogP contribution in [0.5, 0.6) is 0 Å². The van der Waals surface area contributed by atoms with Crippen LogP contribution < -0.4 is 0 Å². The number of epoxide rings is 1. The second kappa shape index (κ2) is 3.06. The van der Waals surface area contributed by atoms with Gasteiger partial charge in [-0.15, -0.1) is 0 Å². The highest BCUT2D eigenvalue weighted by Crippen LogP contribution is 2.21. The number of hydrogen-bond acceptors (Lipinski definition) is 4. The molecule has 0 aromatic carbocycles. The van der Waals surface area contributed by atoms with Crippen molar-refractivity contribution >= 4 is 22.9 Å². The number of nitrogens with zero attached hydrogens (tertiary/aromatic N) is 1. The molecule has 2 rings (SSSR count). The molecule has 1 unspecified atom stereocenters. The Hall–Kier alpha value is -0.550. The molecule has 0 aromatic rings. The first-order valence-electron chi connectivity index (χ1n) is 3.86. The van der Waals surface area contributed by atoms with Crippen LogP contribution in [0.25, 0.3) is 0 Å². The summed E-state index contributed by atoms with van der Waals surface area (Å²) in [5.74, 6) is 0.564. The van der Waals surface area contributed by atoms with Crippen LogP contribution in [0.15, 0.2) is 0 Å². The summed E-state index contributed by atoms with van der Waals surface area (Å²) < 4.78 is 4.95. The van der Waals surface area contributed by atoms with Crippen LogP contribution in [0.2, 0.25) is 0 Å². The van der Waals surface area contributed by atoms with E-state index in [1.54, 1.807) is 0 Å². The molecule has 1 atom stereocenters. The van der Waals surface area contributed by atoms with Crippen molar-refractivity contribution in [3.05, 3.63) is 0 Å². The number of thioether (sulfide) groups is 1. The van der Waals surface area contributed by atoms with Crippen LogP contribution in [0.3, 0.4) is 0 Å². The standard InChI is InChI=1S/C7H9NO3S/c9-6-1-2-12-7(10)8(6)3-5-4-11-5/h5H,1-4H2. The zero-order valence-electron chi connectivity index (χ0n) is 6.49. The first kappa shape index (κ1) is 8.07. The van der Waals surface area contributed by atoms with Gasteiger partial charge >= 0.3 is 0 Å². The summed E-state index contributed by atoms with van der Waals surface area (Å²) in [6, 6.07) is 0. The summed E-state index contributed by atoms with van der Waals surface area (Å²) in [5, 5.41) is -0.123. The third-order valence-corrected chi connectivity index (χ3v) is 2.73. The fraction of sp³-hybridized carbons (Fsp3) is 0.714. The minimum absolute atomic E-state index is 0.0609. The summed E-state index contributed by atoms with van der Waals surface area (Å²) in [6.07, 6.45) is 0.583. The van der Waals surface area contributed by atoms with E-state index in [-0.39, 0.29) is 17.3 Å². The Kier molecular flexibility index (Phi) is 2.06. The van der Waals surface area contributed by atoms with E-state index in [4.69, 9.17) is 4.74 Å². The van der Waals surface area contributed by atoms with Gasteiger partial charge in [-0.05, 0) is 0 Å². The third-order valence-electron chi connectivity index (χ3n) is 1.85. The van der Waals surface area contributed by atoms with Gasteiger partial charge in [0.1, 0.15) is 0 Å². The highest BCUT2D eigenvalue weighted by Gasteiger charge is 2.33. The molecule has 0 spiro atoms. The Morgan fingerprint density at radius 3 is 2.92 bits per heavy atom. The number of amides is 2. The number of carbonyl (C=O) groups excluding carboxylic acids is 2. The summed E-state index contributed by atoms with van der Waals surface area (Å²) >= 11 is 1.21. The Bertz CT molecular complexity index is 211. The molecule has 0 N–H and O–H groups in total. The Morgan fingerprint density at radius 1 is 1.58 bits per heavy atom. The molecule has 12 heavy (non-hydrogen) atoms. The van der Waals surface area contributed by atoms with Gasteiger partial charge in [0.05, 0.1) is 19.3 Å². The van der Waals surface area contributed by atoms with E-state index in [1.165, 1.54) is 16.7 Å². The van der Waals surface area contributed by atoms with E-state index in [0.29, 0.717) is 25.3 Å². The van der Waals surface area contributed by atoms with Crippen LogP contribution in [0, 0.1) is 0 Å². The van der Waals surface area contributed by atoms with Crippen molar-refractivity contribution in [2.45, 2.75) is 12.5 Å². The van der Waals surface area contributed by atoms with E-state index in [1.807, 2.05) is 0 Å². The molecule has 5 heteroatoms. The van der Waals surface area contributed by atoms with Crippen LogP contribution in [0.1, 0.15) is 6.42 Å². The fourth-order valence-corrected chi connectivity index (χ4v) is 1.88. The maximum Gasteiger partial charge on any atom is 0.288 e. The van der Waals surface area contributed by atoms with Gasteiger partial charge < -0.3 is 4.74 Å². The summed E-state index contributed by atoms with van der Waals surface area (Å²) in [4.78, 5) is 23.7. The topological polar surface area (TPSA) is 49.9 Å². The van der Waals surface area contributed by atoms with Crippen molar-refractivity contribution in [3.8, 4) is 0 Å². The van der Waals surface area contributed by atoms with E-state index in [2.05, 4.69) is 0 Å². The molecular weight excluding hydrogens is 178 g/mol. The van der Waals surface area contributed by atoms with Crippen molar-refractivity contribution in [1.29, 1.82) is 0 Å². The molecule has 0 radical (unpaired) electrons. The second-order valence-corrected chi connectivity index (χ2v) is 3.87. The van der Waals surface area contributed by atoms with E-state index in [0.717, 1.165) is 0 Å². The first-order valence-corrected chi connectivity index (χ1v) is 4.84. The molecule has 2 aliphatic heterocycles. The molecule has 66 valence electrons. The highest BCUT2D eigenvalue weighted by atomic mass is 32.2. The van der Waals surface area contributed by atoms with E-state index >= 15 is 0 Å². The van der Waals surface area contributed by atoms with Crippen LogP contribution >= 0.6 is 11.8 Å². The maximum absolute atomic E-state index is 11.2. The number of imide groups is 1. The minimum atomic E-state index is -0.123. The lowest BCUT2D eigenvalue weighted by atomic mass is 10.3. The number of rotatable bonds is 2. The van der Waals surface area contributed by atoms with Gasteiger partial charge in [0.2, 0.25) is 5.91 Å². The summed E-state index contributed by atoms with van der Waals surface area (Å²) in [6.45, 7) is 1.13. The van der Waals surface area contributed by atoms with Crippen molar-refractivity contribution in [1.82, 2.24) is 4.90 Å². The molecular formula is C7H9NO3S.